The monoisotopic (exact) mass is 270 g/mol. The van der Waals surface area contributed by atoms with Crippen LogP contribution in [0.2, 0.25) is 0 Å². The largest absolute Gasteiger partial charge is 0.480 e. The molecular formula is C13H10N4O3. The Morgan fingerprint density at radius 2 is 2.10 bits per heavy atom. The van der Waals surface area contributed by atoms with Crippen molar-refractivity contribution in [2.45, 2.75) is 6.54 Å². The zero-order valence-electron chi connectivity index (χ0n) is 10.3. The lowest BCUT2D eigenvalue weighted by Gasteiger charge is -2.01. The first-order valence-electron chi connectivity index (χ1n) is 5.85. The van der Waals surface area contributed by atoms with Crippen molar-refractivity contribution < 1.29 is 14.4 Å². The van der Waals surface area contributed by atoms with Crippen LogP contribution >= 0.6 is 0 Å². The predicted octanol–water partition coefficient (Wildman–Crippen LogP) is 1.68. The lowest BCUT2D eigenvalue weighted by atomic mass is 10.2. The summed E-state index contributed by atoms with van der Waals surface area (Å²) < 4.78 is 6.72. The van der Waals surface area contributed by atoms with Crippen LogP contribution in [0.3, 0.4) is 0 Å². The quantitative estimate of drug-likeness (QED) is 0.775. The second-order valence-electron chi connectivity index (χ2n) is 4.07. The number of nitrogens with zero attached hydrogens (tertiary/aromatic N) is 4. The number of carboxylic acids is 1. The van der Waals surface area contributed by atoms with Gasteiger partial charge in [-0.25, -0.2) is 0 Å². The van der Waals surface area contributed by atoms with Crippen LogP contribution in [0.5, 0.6) is 0 Å². The van der Waals surface area contributed by atoms with Crippen molar-refractivity contribution in [3.63, 3.8) is 0 Å². The standard InChI is InChI=1S/C13H10N4O3/c18-11(19)8-17-7-1-2-10(17)13-15-12(16-20-13)9-3-5-14-6-4-9/h1-7H,8H2,(H,18,19). The SMILES string of the molecule is O=C(O)Cn1cccc1-c1nc(-c2ccncc2)no1. The zero-order chi connectivity index (χ0) is 13.9. The summed E-state index contributed by atoms with van der Waals surface area (Å²) in [6.07, 6.45) is 4.93. The number of hydrogen-bond donors (Lipinski definition) is 1. The summed E-state index contributed by atoms with van der Waals surface area (Å²) in [6, 6.07) is 7.00. The Labute approximate surface area is 113 Å². The van der Waals surface area contributed by atoms with E-state index in [1.54, 1.807) is 42.9 Å². The van der Waals surface area contributed by atoms with Crippen molar-refractivity contribution in [2.75, 3.05) is 0 Å². The molecule has 0 saturated heterocycles. The Bertz CT molecular complexity index is 733. The number of carboxylic acid groups (broad SMARTS) is 1. The minimum Gasteiger partial charge on any atom is -0.480 e. The number of hydrogen-bond acceptors (Lipinski definition) is 5. The van der Waals surface area contributed by atoms with E-state index in [1.165, 1.54) is 4.57 Å². The van der Waals surface area contributed by atoms with Crippen LogP contribution in [0.1, 0.15) is 0 Å². The maximum absolute atomic E-state index is 10.8. The summed E-state index contributed by atoms with van der Waals surface area (Å²) >= 11 is 0. The third-order valence-electron chi connectivity index (χ3n) is 2.72. The van der Waals surface area contributed by atoms with Gasteiger partial charge in [0.2, 0.25) is 5.82 Å². The van der Waals surface area contributed by atoms with E-state index in [1.807, 2.05) is 0 Å². The zero-order valence-corrected chi connectivity index (χ0v) is 10.3. The van der Waals surface area contributed by atoms with Gasteiger partial charge in [0.05, 0.1) is 0 Å². The molecule has 3 aromatic heterocycles. The molecule has 0 aliphatic carbocycles. The molecule has 0 atom stereocenters. The molecule has 0 fully saturated rings. The summed E-state index contributed by atoms with van der Waals surface area (Å²) in [6.45, 7) is -0.157. The van der Waals surface area contributed by atoms with E-state index in [2.05, 4.69) is 15.1 Å². The van der Waals surface area contributed by atoms with Gasteiger partial charge in [0.15, 0.2) is 0 Å². The van der Waals surface area contributed by atoms with Crippen molar-refractivity contribution in [2.24, 2.45) is 0 Å². The normalized spacial score (nSPS) is 10.6. The highest BCUT2D eigenvalue weighted by molar-refractivity contribution is 5.68. The Morgan fingerprint density at radius 3 is 2.85 bits per heavy atom. The van der Waals surface area contributed by atoms with Gasteiger partial charge in [-0.05, 0) is 24.3 Å². The fourth-order valence-corrected chi connectivity index (χ4v) is 1.84. The predicted molar refractivity (Wildman–Crippen MR) is 68.6 cm³/mol. The Kier molecular flexibility index (Phi) is 3.00. The van der Waals surface area contributed by atoms with Gasteiger partial charge in [-0.2, -0.15) is 4.98 Å². The first-order chi connectivity index (χ1) is 9.74. The fraction of sp³-hybridized carbons (Fsp3) is 0.0769. The summed E-state index contributed by atoms with van der Waals surface area (Å²) in [5, 5.41) is 12.7. The van der Waals surface area contributed by atoms with E-state index in [-0.39, 0.29) is 12.4 Å². The molecule has 7 heteroatoms. The third kappa shape index (κ3) is 2.28. The van der Waals surface area contributed by atoms with Gasteiger partial charge in [0.25, 0.3) is 5.89 Å². The molecule has 0 aliphatic rings. The topological polar surface area (TPSA) is 94.0 Å². The van der Waals surface area contributed by atoms with Gasteiger partial charge in [-0.1, -0.05) is 5.16 Å². The Balaban J connectivity index is 1.95. The smallest absolute Gasteiger partial charge is 0.323 e. The van der Waals surface area contributed by atoms with E-state index in [4.69, 9.17) is 9.63 Å². The van der Waals surface area contributed by atoms with Crippen LogP contribution in [-0.2, 0) is 11.3 Å². The molecule has 0 radical (unpaired) electrons. The van der Waals surface area contributed by atoms with Crippen LogP contribution in [0.25, 0.3) is 23.0 Å². The van der Waals surface area contributed by atoms with E-state index >= 15 is 0 Å². The minimum atomic E-state index is -0.934. The maximum Gasteiger partial charge on any atom is 0.323 e. The molecule has 0 unspecified atom stereocenters. The highest BCUT2D eigenvalue weighted by Gasteiger charge is 2.14. The lowest BCUT2D eigenvalue weighted by Crippen LogP contribution is -2.08. The van der Waals surface area contributed by atoms with Crippen LogP contribution in [-0.4, -0.2) is 30.8 Å². The average Bonchev–Trinajstić information content (AvgIpc) is 3.07. The molecule has 3 rings (SSSR count). The number of pyridine rings is 1. The van der Waals surface area contributed by atoms with E-state index < -0.39 is 5.97 Å². The number of rotatable bonds is 4. The summed E-state index contributed by atoms with van der Waals surface area (Å²) in [5.74, 6) is -0.218. The van der Waals surface area contributed by atoms with Gasteiger partial charge in [-0.3, -0.25) is 9.78 Å². The van der Waals surface area contributed by atoms with Gasteiger partial charge in [0.1, 0.15) is 12.2 Å². The van der Waals surface area contributed by atoms with Crippen LogP contribution in [0.4, 0.5) is 0 Å². The molecule has 3 aromatic rings. The number of aliphatic carboxylic acids is 1. The molecule has 100 valence electrons. The molecule has 1 N–H and O–H groups in total. The molecule has 0 aliphatic heterocycles. The molecule has 0 aromatic carbocycles. The first kappa shape index (κ1) is 12.1. The van der Waals surface area contributed by atoms with Crippen molar-refractivity contribution in [3.05, 3.63) is 42.9 Å². The third-order valence-corrected chi connectivity index (χ3v) is 2.72. The lowest BCUT2D eigenvalue weighted by molar-refractivity contribution is -0.137. The fourth-order valence-electron chi connectivity index (χ4n) is 1.84. The van der Waals surface area contributed by atoms with E-state index in [9.17, 15) is 4.79 Å². The van der Waals surface area contributed by atoms with Crippen LogP contribution in [0.15, 0.2) is 47.4 Å². The molecule has 0 saturated carbocycles. The van der Waals surface area contributed by atoms with E-state index in [0.717, 1.165) is 5.56 Å². The Morgan fingerprint density at radius 1 is 1.30 bits per heavy atom. The van der Waals surface area contributed by atoms with Crippen molar-refractivity contribution in [3.8, 4) is 23.0 Å². The molecule has 0 bridgehead atoms. The van der Waals surface area contributed by atoms with Gasteiger partial charge < -0.3 is 14.2 Å². The highest BCUT2D eigenvalue weighted by Crippen LogP contribution is 2.22. The van der Waals surface area contributed by atoms with Crippen molar-refractivity contribution in [1.29, 1.82) is 0 Å². The van der Waals surface area contributed by atoms with Crippen LogP contribution < -0.4 is 0 Å². The van der Waals surface area contributed by atoms with Gasteiger partial charge in [-0.15, -0.1) is 0 Å². The maximum atomic E-state index is 10.8. The minimum absolute atomic E-state index is 0.157. The second kappa shape index (κ2) is 4.96. The van der Waals surface area contributed by atoms with Gasteiger partial charge in [0, 0.05) is 24.2 Å². The van der Waals surface area contributed by atoms with Crippen molar-refractivity contribution in [1.82, 2.24) is 19.7 Å². The molecular weight excluding hydrogens is 260 g/mol. The Hall–Kier alpha value is -2.96. The summed E-state index contributed by atoms with van der Waals surface area (Å²) in [4.78, 5) is 19.0. The second-order valence-corrected chi connectivity index (χ2v) is 4.07. The highest BCUT2D eigenvalue weighted by atomic mass is 16.5. The van der Waals surface area contributed by atoms with Crippen molar-refractivity contribution >= 4 is 5.97 Å². The average molecular weight is 270 g/mol. The van der Waals surface area contributed by atoms with Crippen LogP contribution in [0, 0.1) is 0 Å². The first-order valence-corrected chi connectivity index (χ1v) is 5.85. The molecule has 3 heterocycles. The molecule has 7 nitrogen and oxygen atoms in total. The number of aromatic nitrogens is 4. The molecule has 0 amide bonds. The van der Waals surface area contributed by atoms with Gasteiger partial charge >= 0.3 is 5.97 Å². The molecule has 20 heavy (non-hydrogen) atoms. The van der Waals surface area contributed by atoms with E-state index in [0.29, 0.717) is 11.5 Å². The summed E-state index contributed by atoms with van der Waals surface area (Å²) in [5.41, 5.74) is 1.35. The summed E-state index contributed by atoms with van der Waals surface area (Å²) in [7, 11) is 0. The number of carbonyl (C=O) groups is 1. The molecule has 0 spiro atoms.